The summed E-state index contributed by atoms with van der Waals surface area (Å²) in [7, 11) is 1.84. The molecule has 0 spiro atoms. The maximum absolute atomic E-state index is 12.7. The van der Waals surface area contributed by atoms with Crippen LogP contribution in [-0.2, 0) is 13.2 Å². The minimum Gasteiger partial charge on any atom is -0.331 e. The molecular formula is C14H16F3N3. The van der Waals surface area contributed by atoms with E-state index in [9.17, 15) is 13.2 Å². The summed E-state index contributed by atoms with van der Waals surface area (Å²) in [5.74, 6) is 0.936. The third-order valence-corrected chi connectivity index (χ3v) is 4.14. The first-order chi connectivity index (χ1) is 9.38. The number of rotatable bonds is 1. The van der Waals surface area contributed by atoms with Gasteiger partial charge < -0.3 is 10.3 Å². The highest BCUT2D eigenvalue weighted by molar-refractivity contribution is 5.77. The number of nitrogens with zero attached hydrogens (tertiary/aromatic N) is 2. The molecule has 0 bridgehead atoms. The van der Waals surface area contributed by atoms with Crippen LogP contribution in [0.4, 0.5) is 13.2 Å². The van der Waals surface area contributed by atoms with Crippen LogP contribution in [0.2, 0.25) is 0 Å². The molecule has 0 aliphatic heterocycles. The highest BCUT2D eigenvalue weighted by atomic mass is 19.4. The Hall–Kier alpha value is -1.56. The van der Waals surface area contributed by atoms with Crippen LogP contribution in [0.1, 0.15) is 36.6 Å². The van der Waals surface area contributed by atoms with Gasteiger partial charge in [0.1, 0.15) is 5.82 Å². The number of fused-ring (bicyclic) bond motifs is 1. The summed E-state index contributed by atoms with van der Waals surface area (Å²) in [5, 5.41) is 0. The Bertz CT molecular complexity index is 645. The summed E-state index contributed by atoms with van der Waals surface area (Å²) < 4.78 is 40.1. The lowest BCUT2D eigenvalue weighted by molar-refractivity contribution is -0.137. The predicted octanol–water partition coefficient (Wildman–Crippen LogP) is 3.19. The van der Waals surface area contributed by atoms with Gasteiger partial charge in [-0.1, -0.05) is 6.42 Å². The molecule has 0 radical (unpaired) electrons. The Balaban J connectivity index is 2.10. The Morgan fingerprint density at radius 3 is 2.65 bits per heavy atom. The first-order valence-corrected chi connectivity index (χ1v) is 6.67. The average Bonchev–Trinajstić information content (AvgIpc) is 2.92. The van der Waals surface area contributed by atoms with E-state index in [4.69, 9.17) is 5.73 Å². The summed E-state index contributed by atoms with van der Waals surface area (Å²) >= 11 is 0. The monoisotopic (exact) mass is 283 g/mol. The molecule has 1 aliphatic rings. The third-order valence-electron chi connectivity index (χ3n) is 4.14. The van der Waals surface area contributed by atoms with Crippen LogP contribution in [0.5, 0.6) is 0 Å². The van der Waals surface area contributed by atoms with E-state index in [-0.39, 0.29) is 12.0 Å². The molecule has 2 unspecified atom stereocenters. The van der Waals surface area contributed by atoms with Crippen LogP contribution in [-0.4, -0.2) is 15.6 Å². The summed E-state index contributed by atoms with van der Waals surface area (Å²) in [6.45, 7) is 0. The molecule has 1 heterocycles. The van der Waals surface area contributed by atoms with Gasteiger partial charge in [0.25, 0.3) is 0 Å². The molecule has 1 aromatic heterocycles. The summed E-state index contributed by atoms with van der Waals surface area (Å²) in [5.41, 5.74) is 6.51. The fourth-order valence-electron chi connectivity index (χ4n) is 3.04. The molecule has 2 atom stereocenters. The number of halogens is 3. The van der Waals surface area contributed by atoms with Crippen molar-refractivity contribution in [3.05, 3.63) is 29.6 Å². The number of hydrogen-bond acceptors (Lipinski definition) is 2. The molecule has 1 aliphatic carbocycles. The van der Waals surface area contributed by atoms with Gasteiger partial charge in [0.2, 0.25) is 0 Å². The molecule has 3 nitrogen and oxygen atoms in total. The summed E-state index contributed by atoms with van der Waals surface area (Å²) in [4.78, 5) is 4.40. The fraction of sp³-hybridized carbons (Fsp3) is 0.500. The number of aromatic nitrogens is 2. The molecule has 6 heteroatoms. The summed E-state index contributed by atoms with van der Waals surface area (Å²) in [6, 6.07) is 3.74. The highest BCUT2D eigenvalue weighted by Crippen LogP contribution is 2.36. The van der Waals surface area contributed by atoms with Gasteiger partial charge in [-0.2, -0.15) is 13.2 Å². The number of alkyl halides is 3. The zero-order valence-electron chi connectivity index (χ0n) is 11.1. The second-order valence-electron chi connectivity index (χ2n) is 5.43. The van der Waals surface area contributed by atoms with Gasteiger partial charge in [0.05, 0.1) is 16.6 Å². The van der Waals surface area contributed by atoms with E-state index in [1.165, 1.54) is 6.07 Å². The van der Waals surface area contributed by atoms with Crippen LogP contribution in [0.3, 0.4) is 0 Å². The van der Waals surface area contributed by atoms with Crippen molar-refractivity contribution in [2.45, 2.75) is 37.4 Å². The van der Waals surface area contributed by atoms with Crippen molar-refractivity contribution in [1.82, 2.24) is 9.55 Å². The van der Waals surface area contributed by atoms with E-state index in [2.05, 4.69) is 4.98 Å². The van der Waals surface area contributed by atoms with E-state index in [1.807, 2.05) is 11.6 Å². The molecule has 1 aromatic carbocycles. The molecule has 0 saturated heterocycles. The van der Waals surface area contributed by atoms with Gasteiger partial charge >= 0.3 is 6.18 Å². The van der Waals surface area contributed by atoms with Gasteiger partial charge in [-0.15, -0.1) is 0 Å². The molecular weight excluding hydrogens is 267 g/mol. The van der Waals surface area contributed by atoms with Crippen molar-refractivity contribution in [2.24, 2.45) is 12.8 Å². The standard InChI is InChI=1S/C14H16F3N3/c1-20-12-6-5-8(14(15,16)17)7-11(12)19-13(20)9-3-2-4-10(9)18/h5-7,9-10H,2-4,18H2,1H3. The topological polar surface area (TPSA) is 43.8 Å². The van der Waals surface area contributed by atoms with Crippen LogP contribution in [0.15, 0.2) is 18.2 Å². The number of benzene rings is 1. The lowest BCUT2D eigenvalue weighted by Gasteiger charge is -2.14. The van der Waals surface area contributed by atoms with Crippen LogP contribution < -0.4 is 5.73 Å². The molecule has 2 N–H and O–H groups in total. The molecule has 108 valence electrons. The van der Waals surface area contributed by atoms with Crippen LogP contribution in [0, 0.1) is 0 Å². The SMILES string of the molecule is Cn1c(C2CCCC2N)nc2cc(C(F)(F)F)ccc21. The molecule has 0 amide bonds. The Morgan fingerprint density at radius 1 is 1.30 bits per heavy atom. The van der Waals surface area contributed by atoms with Crippen molar-refractivity contribution < 1.29 is 13.2 Å². The van der Waals surface area contributed by atoms with E-state index >= 15 is 0 Å². The molecule has 1 saturated carbocycles. The number of imidazole rings is 1. The van der Waals surface area contributed by atoms with Crippen LogP contribution in [0.25, 0.3) is 11.0 Å². The smallest absolute Gasteiger partial charge is 0.331 e. The average molecular weight is 283 g/mol. The van der Waals surface area contributed by atoms with E-state index < -0.39 is 11.7 Å². The maximum Gasteiger partial charge on any atom is 0.416 e. The van der Waals surface area contributed by atoms with E-state index in [1.54, 1.807) is 0 Å². The van der Waals surface area contributed by atoms with Crippen molar-refractivity contribution in [3.63, 3.8) is 0 Å². The van der Waals surface area contributed by atoms with Crippen LogP contribution >= 0.6 is 0 Å². The van der Waals surface area contributed by atoms with Crippen molar-refractivity contribution in [2.75, 3.05) is 0 Å². The van der Waals surface area contributed by atoms with Gasteiger partial charge in [-0.25, -0.2) is 4.98 Å². The molecule has 1 fully saturated rings. The normalized spacial score (nSPS) is 23.6. The van der Waals surface area contributed by atoms with E-state index in [0.29, 0.717) is 11.0 Å². The fourth-order valence-corrected chi connectivity index (χ4v) is 3.04. The minimum absolute atomic E-state index is 0.0487. The maximum atomic E-state index is 12.7. The largest absolute Gasteiger partial charge is 0.416 e. The Morgan fingerprint density at radius 2 is 2.05 bits per heavy atom. The van der Waals surface area contributed by atoms with E-state index in [0.717, 1.165) is 37.2 Å². The second-order valence-corrected chi connectivity index (χ2v) is 5.43. The Labute approximate surface area is 114 Å². The van der Waals surface area contributed by atoms with Gasteiger partial charge in [0, 0.05) is 19.0 Å². The first-order valence-electron chi connectivity index (χ1n) is 6.67. The first kappa shape index (κ1) is 13.4. The summed E-state index contributed by atoms with van der Waals surface area (Å²) in [6.07, 6.45) is -1.40. The van der Waals surface area contributed by atoms with Crippen molar-refractivity contribution in [3.8, 4) is 0 Å². The number of aryl methyl sites for hydroxylation is 1. The number of hydrogen-bond donors (Lipinski definition) is 1. The van der Waals surface area contributed by atoms with Crippen molar-refractivity contribution >= 4 is 11.0 Å². The minimum atomic E-state index is -4.34. The highest BCUT2D eigenvalue weighted by Gasteiger charge is 2.32. The second kappa shape index (κ2) is 4.48. The lowest BCUT2D eigenvalue weighted by Crippen LogP contribution is -2.24. The quantitative estimate of drug-likeness (QED) is 0.873. The zero-order valence-corrected chi connectivity index (χ0v) is 11.1. The van der Waals surface area contributed by atoms with Gasteiger partial charge in [0.15, 0.2) is 0 Å². The van der Waals surface area contributed by atoms with Gasteiger partial charge in [-0.3, -0.25) is 0 Å². The zero-order chi connectivity index (χ0) is 14.5. The molecule has 2 aromatic rings. The third kappa shape index (κ3) is 2.08. The van der Waals surface area contributed by atoms with Crippen molar-refractivity contribution in [1.29, 1.82) is 0 Å². The molecule has 3 rings (SSSR count). The van der Waals surface area contributed by atoms with Gasteiger partial charge in [-0.05, 0) is 31.0 Å². The predicted molar refractivity (Wildman–Crippen MR) is 70.3 cm³/mol. The molecule has 20 heavy (non-hydrogen) atoms. The lowest BCUT2D eigenvalue weighted by atomic mass is 10.0. The number of nitrogens with two attached hydrogens (primary N) is 1. The Kier molecular flexibility index (Phi) is 3.01.